The first-order valence-electron chi connectivity index (χ1n) is 8.86. The van der Waals surface area contributed by atoms with E-state index in [2.05, 4.69) is 20.9 Å². The molecule has 1 aliphatic rings. The van der Waals surface area contributed by atoms with Gasteiger partial charge in [0.2, 0.25) is 5.88 Å². The predicted octanol–water partition coefficient (Wildman–Crippen LogP) is 3.67. The standard InChI is InChI=1S/C19H21F3N4OS/c20-19(21,22)15-4-3-5-16(14-15)26-11-9-25(10-12-26)8-1-2-13-28-18-23-7-6-17(27)24-18/h1-7,14H,8-13H2,(H,23,24,27)/b2-1+. The first-order valence-corrected chi connectivity index (χ1v) is 9.85. The van der Waals surface area contributed by atoms with Crippen molar-refractivity contribution in [2.45, 2.75) is 11.3 Å². The summed E-state index contributed by atoms with van der Waals surface area (Å²) >= 11 is 1.43. The Labute approximate surface area is 165 Å². The summed E-state index contributed by atoms with van der Waals surface area (Å²) < 4.78 is 38.6. The second-order valence-electron chi connectivity index (χ2n) is 6.32. The van der Waals surface area contributed by atoms with Crippen molar-refractivity contribution in [3.63, 3.8) is 0 Å². The molecule has 150 valence electrons. The highest BCUT2D eigenvalue weighted by Gasteiger charge is 2.31. The lowest BCUT2D eigenvalue weighted by Crippen LogP contribution is -2.46. The van der Waals surface area contributed by atoms with Gasteiger partial charge < -0.3 is 10.0 Å². The van der Waals surface area contributed by atoms with Gasteiger partial charge in [0.25, 0.3) is 0 Å². The number of alkyl halides is 3. The van der Waals surface area contributed by atoms with E-state index in [0.29, 0.717) is 29.7 Å². The van der Waals surface area contributed by atoms with Gasteiger partial charge >= 0.3 is 6.18 Å². The van der Waals surface area contributed by atoms with Crippen LogP contribution >= 0.6 is 11.8 Å². The van der Waals surface area contributed by atoms with E-state index in [0.717, 1.165) is 25.7 Å². The smallest absolute Gasteiger partial charge is 0.416 e. The van der Waals surface area contributed by atoms with E-state index in [1.165, 1.54) is 36.2 Å². The van der Waals surface area contributed by atoms with Gasteiger partial charge in [-0.3, -0.25) is 4.90 Å². The summed E-state index contributed by atoms with van der Waals surface area (Å²) in [5.41, 5.74) is 0.0103. The summed E-state index contributed by atoms with van der Waals surface area (Å²) in [5.74, 6) is 0.660. The normalized spacial score (nSPS) is 16.0. The quantitative estimate of drug-likeness (QED) is 0.446. The fraction of sp³-hybridized carbons (Fsp3) is 0.368. The van der Waals surface area contributed by atoms with Gasteiger partial charge in [0.05, 0.1) is 5.56 Å². The zero-order chi connectivity index (χ0) is 20.0. The van der Waals surface area contributed by atoms with Crippen LogP contribution in [0.25, 0.3) is 0 Å². The van der Waals surface area contributed by atoms with Crippen LogP contribution in [0.2, 0.25) is 0 Å². The number of benzene rings is 1. The second-order valence-corrected chi connectivity index (χ2v) is 7.30. The molecular formula is C19H21F3N4OS. The third kappa shape index (κ3) is 5.87. The minimum absolute atomic E-state index is 0.0416. The second kappa shape index (κ2) is 9.29. The fourth-order valence-corrected chi connectivity index (χ4v) is 3.56. The first-order chi connectivity index (χ1) is 13.4. The summed E-state index contributed by atoms with van der Waals surface area (Å²) in [7, 11) is 0. The number of hydrogen-bond acceptors (Lipinski definition) is 6. The van der Waals surface area contributed by atoms with Crippen LogP contribution < -0.4 is 4.90 Å². The van der Waals surface area contributed by atoms with E-state index in [-0.39, 0.29) is 5.88 Å². The average Bonchev–Trinajstić information content (AvgIpc) is 2.68. The highest BCUT2D eigenvalue weighted by molar-refractivity contribution is 7.99. The average molecular weight is 410 g/mol. The SMILES string of the molecule is Oc1ccnc(SC/C=C/CN2CCN(c3cccc(C(F)(F)F)c3)CC2)n1. The molecule has 0 aliphatic carbocycles. The predicted molar refractivity (Wildman–Crippen MR) is 104 cm³/mol. The number of anilines is 1. The number of hydrogen-bond donors (Lipinski definition) is 1. The molecule has 3 rings (SSSR count). The van der Waals surface area contributed by atoms with Gasteiger partial charge in [0.15, 0.2) is 5.16 Å². The molecule has 0 unspecified atom stereocenters. The molecule has 0 spiro atoms. The zero-order valence-corrected chi connectivity index (χ0v) is 16.0. The lowest BCUT2D eigenvalue weighted by Gasteiger charge is -2.35. The lowest BCUT2D eigenvalue weighted by molar-refractivity contribution is -0.137. The first kappa shape index (κ1) is 20.5. The minimum atomic E-state index is -4.32. The van der Waals surface area contributed by atoms with E-state index in [4.69, 9.17) is 0 Å². The Kier molecular flexibility index (Phi) is 6.79. The molecular weight excluding hydrogens is 389 g/mol. The van der Waals surface area contributed by atoms with E-state index >= 15 is 0 Å². The molecule has 5 nitrogen and oxygen atoms in total. The maximum atomic E-state index is 12.9. The van der Waals surface area contributed by atoms with Gasteiger partial charge in [-0.15, -0.1) is 0 Å². The Morgan fingerprint density at radius 2 is 1.89 bits per heavy atom. The molecule has 1 aromatic heterocycles. The van der Waals surface area contributed by atoms with Crippen molar-refractivity contribution in [1.29, 1.82) is 0 Å². The lowest BCUT2D eigenvalue weighted by atomic mass is 10.1. The van der Waals surface area contributed by atoms with Gasteiger partial charge in [0, 0.05) is 56.4 Å². The molecule has 9 heteroatoms. The van der Waals surface area contributed by atoms with Crippen molar-refractivity contribution >= 4 is 17.4 Å². The third-order valence-electron chi connectivity index (χ3n) is 4.37. The van der Waals surface area contributed by atoms with Crippen molar-refractivity contribution in [2.24, 2.45) is 0 Å². The Hall–Kier alpha value is -2.26. The molecule has 2 heterocycles. The van der Waals surface area contributed by atoms with E-state index in [1.807, 2.05) is 11.0 Å². The van der Waals surface area contributed by atoms with Gasteiger partial charge in [-0.1, -0.05) is 30.0 Å². The third-order valence-corrected chi connectivity index (χ3v) is 5.18. The Morgan fingerprint density at radius 1 is 1.11 bits per heavy atom. The highest BCUT2D eigenvalue weighted by Crippen LogP contribution is 2.31. The minimum Gasteiger partial charge on any atom is -0.493 e. The van der Waals surface area contributed by atoms with Crippen LogP contribution in [0.3, 0.4) is 0 Å². The molecule has 0 atom stereocenters. The van der Waals surface area contributed by atoms with Crippen LogP contribution in [0.5, 0.6) is 5.88 Å². The molecule has 1 aromatic carbocycles. The van der Waals surface area contributed by atoms with Crippen LogP contribution in [0, 0.1) is 0 Å². The van der Waals surface area contributed by atoms with Crippen LogP contribution in [0.15, 0.2) is 53.8 Å². The van der Waals surface area contributed by atoms with Crippen molar-refractivity contribution < 1.29 is 18.3 Å². The Bertz CT molecular complexity index is 808. The largest absolute Gasteiger partial charge is 0.493 e. The highest BCUT2D eigenvalue weighted by atomic mass is 32.2. The summed E-state index contributed by atoms with van der Waals surface area (Å²) in [6, 6.07) is 6.94. The van der Waals surface area contributed by atoms with E-state index < -0.39 is 11.7 Å². The van der Waals surface area contributed by atoms with Crippen molar-refractivity contribution in [3.8, 4) is 5.88 Å². The van der Waals surface area contributed by atoms with Gasteiger partial charge in [0.1, 0.15) is 0 Å². The van der Waals surface area contributed by atoms with Crippen LogP contribution in [-0.4, -0.2) is 58.5 Å². The molecule has 1 N–H and O–H groups in total. The number of halogens is 3. The zero-order valence-electron chi connectivity index (χ0n) is 15.1. The number of piperazine rings is 1. The molecule has 1 saturated heterocycles. The fourth-order valence-electron chi connectivity index (χ4n) is 2.88. The van der Waals surface area contributed by atoms with E-state index in [9.17, 15) is 18.3 Å². The number of aromatic nitrogens is 2. The van der Waals surface area contributed by atoms with Gasteiger partial charge in [-0.05, 0) is 18.2 Å². The molecule has 0 radical (unpaired) electrons. The van der Waals surface area contributed by atoms with Crippen LogP contribution in [0.4, 0.5) is 18.9 Å². The number of aromatic hydroxyl groups is 1. The topological polar surface area (TPSA) is 52.5 Å². The summed E-state index contributed by atoms with van der Waals surface area (Å²) in [4.78, 5) is 12.2. The molecule has 2 aromatic rings. The Morgan fingerprint density at radius 3 is 2.61 bits per heavy atom. The van der Waals surface area contributed by atoms with Crippen LogP contribution in [-0.2, 0) is 6.18 Å². The molecule has 0 amide bonds. The number of nitrogens with zero attached hydrogens (tertiary/aromatic N) is 4. The molecule has 1 fully saturated rings. The summed E-state index contributed by atoms with van der Waals surface area (Å²) in [5, 5.41) is 9.82. The van der Waals surface area contributed by atoms with Crippen LogP contribution in [0.1, 0.15) is 5.56 Å². The maximum absolute atomic E-state index is 12.9. The molecule has 1 aliphatic heterocycles. The monoisotopic (exact) mass is 410 g/mol. The summed E-state index contributed by atoms with van der Waals surface area (Å²) in [6.07, 6.45) is 1.29. The van der Waals surface area contributed by atoms with Crippen molar-refractivity contribution in [3.05, 3.63) is 54.2 Å². The van der Waals surface area contributed by atoms with Gasteiger partial charge in [-0.2, -0.15) is 18.2 Å². The molecule has 0 bridgehead atoms. The van der Waals surface area contributed by atoms with Gasteiger partial charge in [-0.25, -0.2) is 4.98 Å². The summed E-state index contributed by atoms with van der Waals surface area (Å²) in [6.45, 7) is 3.77. The number of thioether (sulfide) groups is 1. The molecule has 28 heavy (non-hydrogen) atoms. The number of rotatable bonds is 6. The van der Waals surface area contributed by atoms with Crippen molar-refractivity contribution in [2.75, 3.05) is 43.4 Å². The Balaban J connectivity index is 1.42. The molecule has 0 saturated carbocycles. The van der Waals surface area contributed by atoms with E-state index in [1.54, 1.807) is 6.07 Å². The maximum Gasteiger partial charge on any atom is 0.416 e. The van der Waals surface area contributed by atoms with Crippen molar-refractivity contribution in [1.82, 2.24) is 14.9 Å².